The predicted octanol–water partition coefficient (Wildman–Crippen LogP) is 4.12. The summed E-state index contributed by atoms with van der Waals surface area (Å²) in [5, 5.41) is 12.7. The van der Waals surface area contributed by atoms with E-state index < -0.39 is 5.66 Å². The van der Waals surface area contributed by atoms with Crippen molar-refractivity contribution in [3.8, 4) is 0 Å². The first-order valence-corrected chi connectivity index (χ1v) is 7.40. The third-order valence-corrected chi connectivity index (χ3v) is 2.64. The Morgan fingerprint density at radius 1 is 1.05 bits per heavy atom. The second-order valence-electron chi connectivity index (χ2n) is 6.14. The summed E-state index contributed by atoms with van der Waals surface area (Å²) in [5.74, 6) is 0. The van der Waals surface area contributed by atoms with Gasteiger partial charge in [-0.05, 0) is 71.1 Å². The lowest BCUT2D eigenvalue weighted by atomic mass is 10.1. The van der Waals surface area contributed by atoms with Crippen molar-refractivity contribution in [2.24, 2.45) is 10.2 Å². The Hall–Kier alpha value is -1.40. The molecule has 1 aromatic rings. The normalized spacial score (nSPS) is 12.3. The minimum Gasteiger partial charge on any atom is -0.336 e. The van der Waals surface area contributed by atoms with Gasteiger partial charge in [-0.15, -0.1) is 0 Å². The first-order valence-electron chi connectivity index (χ1n) is 6.61. The molecule has 0 fully saturated rings. The molecule has 5 nitrogen and oxygen atoms in total. The van der Waals surface area contributed by atoms with Gasteiger partial charge in [0.25, 0.3) is 0 Å². The van der Waals surface area contributed by atoms with Gasteiger partial charge < -0.3 is 5.32 Å². The van der Waals surface area contributed by atoms with E-state index in [1.807, 2.05) is 46.8 Å². The standard InChI is InChI=1S/C14H22ClN5S/c1-13(2,3)19-20-14(4,5)16-12(21)18-17-11-8-6-10(15)7-9-11/h6-9,17H,1-5H3,(H2,16,18,21). The minimum atomic E-state index is -0.584. The van der Waals surface area contributed by atoms with Crippen molar-refractivity contribution in [2.45, 2.75) is 45.8 Å². The van der Waals surface area contributed by atoms with Crippen LogP contribution in [0.2, 0.25) is 5.02 Å². The number of hydrogen-bond donors (Lipinski definition) is 3. The number of hydrogen-bond acceptors (Lipinski definition) is 4. The summed E-state index contributed by atoms with van der Waals surface area (Å²) in [7, 11) is 0. The van der Waals surface area contributed by atoms with Gasteiger partial charge in [0.15, 0.2) is 5.11 Å². The largest absolute Gasteiger partial charge is 0.336 e. The average Bonchev–Trinajstić information content (AvgIpc) is 2.35. The summed E-state index contributed by atoms with van der Waals surface area (Å²) in [6.45, 7) is 9.78. The lowest BCUT2D eigenvalue weighted by Gasteiger charge is -2.24. The molecule has 1 aromatic carbocycles. The number of hydrazine groups is 1. The number of nitrogens with zero attached hydrogens (tertiary/aromatic N) is 2. The van der Waals surface area contributed by atoms with Crippen LogP contribution in [0, 0.1) is 0 Å². The lowest BCUT2D eigenvalue weighted by molar-refractivity contribution is 0.415. The number of rotatable bonds is 4. The summed E-state index contributed by atoms with van der Waals surface area (Å²) in [5.41, 5.74) is 5.94. The van der Waals surface area contributed by atoms with Gasteiger partial charge in [-0.3, -0.25) is 10.9 Å². The molecule has 3 N–H and O–H groups in total. The zero-order chi connectivity index (χ0) is 16.1. The van der Waals surface area contributed by atoms with E-state index in [1.54, 1.807) is 12.1 Å². The van der Waals surface area contributed by atoms with E-state index in [0.717, 1.165) is 5.69 Å². The highest BCUT2D eigenvalue weighted by molar-refractivity contribution is 7.80. The first-order chi connectivity index (χ1) is 9.57. The minimum absolute atomic E-state index is 0.213. The van der Waals surface area contributed by atoms with Crippen molar-refractivity contribution in [3.05, 3.63) is 29.3 Å². The molecule has 0 radical (unpaired) electrons. The zero-order valence-corrected chi connectivity index (χ0v) is 14.6. The predicted molar refractivity (Wildman–Crippen MR) is 92.6 cm³/mol. The maximum absolute atomic E-state index is 5.82. The van der Waals surface area contributed by atoms with E-state index >= 15 is 0 Å². The third-order valence-electron chi connectivity index (χ3n) is 2.18. The number of nitrogens with one attached hydrogen (secondary N) is 3. The molecule has 0 amide bonds. The van der Waals surface area contributed by atoms with Crippen molar-refractivity contribution in [3.63, 3.8) is 0 Å². The molecular weight excluding hydrogens is 306 g/mol. The van der Waals surface area contributed by atoms with Crippen LogP contribution in [0.15, 0.2) is 34.5 Å². The monoisotopic (exact) mass is 327 g/mol. The Morgan fingerprint density at radius 3 is 2.14 bits per heavy atom. The van der Waals surface area contributed by atoms with Gasteiger partial charge in [-0.25, -0.2) is 0 Å². The molecule has 7 heteroatoms. The fraction of sp³-hybridized carbons (Fsp3) is 0.500. The number of benzene rings is 1. The third kappa shape index (κ3) is 7.82. The summed E-state index contributed by atoms with van der Waals surface area (Å²) in [6, 6.07) is 7.29. The molecule has 0 saturated heterocycles. The fourth-order valence-electron chi connectivity index (χ4n) is 1.27. The Morgan fingerprint density at radius 2 is 1.62 bits per heavy atom. The SMILES string of the molecule is CC(C)(C)N=NC(C)(C)NC(=S)NNc1ccc(Cl)cc1. The molecule has 0 aliphatic rings. The Labute approximate surface area is 136 Å². The van der Waals surface area contributed by atoms with Gasteiger partial charge in [0.2, 0.25) is 0 Å². The number of anilines is 1. The number of azo groups is 1. The van der Waals surface area contributed by atoms with Crippen LogP contribution in [0.3, 0.4) is 0 Å². The molecule has 0 aliphatic carbocycles. The van der Waals surface area contributed by atoms with Crippen LogP contribution < -0.4 is 16.2 Å². The molecule has 0 bridgehead atoms. The van der Waals surface area contributed by atoms with E-state index in [9.17, 15) is 0 Å². The van der Waals surface area contributed by atoms with E-state index in [0.29, 0.717) is 10.1 Å². The summed E-state index contributed by atoms with van der Waals surface area (Å²) in [6.07, 6.45) is 0. The Balaban J connectivity index is 2.49. The maximum Gasteiger partial charge on any atom is 0.187 e. The van der Waals surface area contributed by atoms with E-state index in [1.165, 1.54) is 0 Å². The lowest BCUT2D eigenvalue weighted by Crippen LogP contribution is -2.48. The van der Waals surface area contributed by atoms with Crippen LogP contribution in [0.4, 0.5) is 5.69 Å². The Bertz CT molecular complexity index is 505. The quantitative estimate of drug-likeness (QED) is 0.442. The first kappa shape index (κ1) is 17.7. The van der Waals surface area contributed by atoms with Crippen LogP contribution in [-0.2, 0) is 0 Å². The molecular formula is C14H22ClN5S. The molecule has 0 spiro atoms. The van der Waals surface area contributed by atoms with Gasteiger partial charge in [-0.1, -0.05) is 11.6 Å². The zero-order valence-electron chi connectivity index (χ0n) is 13.0. The summed E-state index contributed by atoms with van der Waals surface area (Å²) >= 11 is 11.0. The average molecular weight is 328 g/mol. The highest BCUT2D eigenvalue weighted by Crippen LogP contribution is 2.13. The van der Waals surface area contributed by atoms with E-state index in [4.69, 9.17) is 23.8 Å². The molecule has 0 unspecified atom stereocenters. The molecule has 0 heterocycles. The van der Waals surface area contributed by atoms with Crippen LogP contribution >= 0.6 is 23.8 Å². The molecule has 116 valence electrons. The van der Waals surface area contributed by atoms with Gasteiger partial charge in [0.1, 0.15) is 5.66 Å². The van der Waals surface area contributed by atoms with Gasteiger partial charge in [0.05, 0.1) is 11.2 Å². The van der Waals surface area contributed by atoms with E-state index in [-0.39, 0.29) is 5.54 Å². The van der Waals surface area contributed by atoms with Crippen LogP contribution in [0.1, 0.15) is 34.6 Å². The van der Waals surface area contributed by atoms with E-state index in [2.05, 4.69) is 26.4 Å². The Kier molecular flexibility index (Phi) is 5.92. The van der Waals surface area contributed by atoms with Crippen molar-refractivity contribution in [1.82, 2.24) is 10.7 Å². The molecule has 0 atom stereocenters. The fourth-order valence-corrected chi connectivity index (χ4v) is 1.70. The summed E-state index contributed by atoms with van der Waals surface area (Å²) < 4.78 is 0. The van der Waals surface area contributed by atoms with Crippen LogP contribution in [-0.4, -0.2) is 16.3 Å². The van der Waals surface area contributed by atoms with Gasteiger partial charge in [0, 0.05) is 5.02 Å². The highest BCUT2D eigenvalue weighted by Gasteiger charge is 2.19. The number of halogens is 1. The topological polar surface area (TPSA) is 60.8 Å². The molecule has 1 rings (SSSR count). The molecule has 21 heavy (non-hydrogen) atoms. The van der Waals surface area contributed by atoms with Crippen LogP contribution in [0.5, 0.6) is 0 Å². The highest BCUT2D eigenvalue weighted by atomic mass is 35.5. The maximum atomic E-state index is 5.82. The molecule has 0 aliphatic heterocycles. The van der Waals surface area contributed by atoms with Gasteiger partial charge >= 0.3 is 0 Å². The summed E-state index contributed by atoms with van der Waals surface area (Å²) in [4.78, 5) is 0. The van der Waals surface area contributed by atoms with Gasteiger partial charge in [-0.2, -0.15) is 10.2 Å². The smallest absolute Gasteiger partial charge is 0.187 e. The second kappa shape index (κ2) is 7.04. The van der Waals surface area contributed by atoms with Crippen molar-refractivity contribution in [1.29, 1.82) is 0 Å². The molecule has 0 aromatic heterocycles. The van der Waals surface area contributed by atoms with Crippen molar-refractivity contribution in [2.75, 3.05) is 5.43 Å². The van der Waals surface area contributed by atoms with Crippen LogP contribution in [0.25, 0.3) is 0 Å². The molecule has 0 saturated carbocycles. The van der Waals surface area contributed by atoms with Crippen molar-refractivity contribution < 1.29 is 0 Å². The second-order valence-corrected chi connectivity index (χ2v) is 6.99. The van der Waals surface area contributed by atoms with Crippen molar-refractivity contribution >= 4 is 34.6 Å². The number of thiocarbonyl (C=S) groups is 1.